The zero-order chi connectivity index (χ0) is 20.0. The number of amides is 1. The van der Waals surface area contributed by atoms with E-state index < -0.39 is 17.7 Å². The molecular weight excluding hydrogens is 399 g/mol. The maximum atomic E-state index is 12.6. The van der Waals surface area contributed by atoms with Gasteiger partial charge >= 0.3 is 12.1 Å². The first kappa shape index (κ1) is 24.2. The fourth-order valence-corrected chi connectivity index (χ4v) is 3.23. The quantitative estimate of drug-likeness (QED) is 0.736. The predicted molar refractivity (Wildman–Crippen MR) is 102 cm³/mol. The Hall–Kier alpha value is -1.84. The normalized spacial score (nSPS) is 18.2. The average Bonchev–Trinajstić information content (AvgIpc) is 2.79. The highest BCUT2D eigenvalue weighted by molar-refractivity contribution is 5.92. The number of hydrogen-bond donors (Lipinski definition) is 2. The summed E-state index contributed by atoms with van der Waals surface area (Å²) in [6.45, 7) is 1.52. The van der Waals surface area contributed by atoms with E-state index in [1.807, 2.05) is 9.80 Å². The topological polar surface area (TPSA) is 72.9 Å². The van der Waals surface area contributed by atoms with Gasteiger partial charge in [0.25, 0.3) is 0 Å². The molecule has 0 saturated carbocycles. The van der Waals surface area contributed by atoms with Gasteiger partial charge in [-0.3, -0.25) is 19.4 Å². The molecule has 0 aromatic heterocycles. The molecule has 0 aliphatic carbocycles. The van der Waals surface area contributed by atoms with Crippen LogP contribution in [0.1, 0.15) is 24.8 Å². The monoisotopic (exact) mass is 423 g/mol. The fraction of sp³-hybridized carbons (Fsp3) is 0.556. The molecule has 0 radical (unpaired) electrons. The lowest BCUT2D eigenvalue weighted by molar-refractivity contribution is -0.139. The second-order valence-corrected chi connectivity index (χ2v) is 6.79. The molecule has 0 bridgehead atoms. The smallest absolute Gasteiger partial charge is 0.416 e. The van der Waals surface area contributed by atoms with Crippen LogP contribution in [-0.4, -0.2) is 66.1 Å². The zero-order valence-electron chi connectivity index (χ0n) is 15.5. The molecule has 1 heterocycles. The largest absolute Gasteiger partial charge is 0.480 e. The van der Waals surface area contributed by atoms with Crippen molar-refractivity contribution >= 4 is 30.0 Å². The Morgan fingerprint density at radius 3 is 2.43 bits per heavy atom. The number of alkyl halides is 3. The van der Waals surface area contributed by atoms with Crippen LogP contribution in [0.3, 0.4) is 0 Å². The highest BCUT2D eigenvalue weighted by atomic mass is 35.5. The van der Waals surface area contributed by atoms with Crippen molar-refractivity contribution in [3.63, 3.8) is 0 Å². The van der Waals surface area contributed by atoms with Gasteiger partial charge in [0, 0.05) is 18.3 Å². The SMILES string of the molecule is CN(CC(=O)O)C1CCCN(CC(=O)Nc2ccc(C(F)(F)F)cc2)CC1.Cl. The van der Waals surface area contributed by atoms with Gasteiger partial charge in [-0.2, -0.15) is 13.2 Å². The minimum atomic E-state index is -4.40. The lowest BCUT2D eigenvalue weighted by Crippen LogP contribution is -2.37. The number of carboxylic acids is 1. The van der Waals surface area contributed by atoms with Crippen molar-refractivity contribution in [2.45, 2.75) is 31.5 Å². The molecule has 1 aliphatic heterocycles. The minimum absolute atomic E-state index is 0. The van der Waals surface area contributed by atoms with Gasteiger partial charge in [0.2, 0.25) is 5.91 Å². The van der Waals surface area contributed by atoms with E-state index in [4.69, 9.17) is 5.11 Å². The number of carboxylic acid groups (broad SMARTS) is 1. The number of nitrogens with one attached hydrogen (secondary N) is 1. The lowest BCUT2D eigenvalue weighted by Gasteiger charge is -2.25. The van der Waals surface area contributed by atoms with E-state index in [0.29, 0.717) is 12.2 Å². The molecule has 28 heavy (non-hydrogen) atoms. The summed E-state index contributed by atoms with van der Waals surface area (Å²) in [6, 6.07) is 4.50. The molecule has 1 aromatic rings. The summed E-state index contributed by atoms with van der Waals surface area (Å²) in [5.74, 6) is -1.15. The maximum absolute atomic E-state index is 12.6. The van der Waals surface area contributed by atoms with Gasteiger partial charge in [0.05, 0.1) is 18.7 Å². The molecule has 2 rings (SSSR count). The number of aliphatic carboxylic acids is 1. The summed E-state index contributed by atoms with van der Waals surface area (Å²) >= 11 is 0. The van der Waals surface area contributed by atoms with Gasteiger partial charge in [-0.15, -0.1) is 12.4 Å². The van der Waals surface area contributed by atoms with Crippen LogP contribution in [0.15, 0.2) is 24.3 Å². The molecule has 0 spiro atoms. The molecule has 1 aromatic carbocycles. The first-order valence-corrected chi connectivity index (χ1v) is 8.76. The van der Waals surface area contributed by atoms with Crippen molar-refractivity contribution in [2.75, 3.05) is 38.5 Å². The molecular formula is C18H25ClF3N3O3. The van der Waals surface area contributed by atoms with Gasteiger partial charge in [-0.25, -0.2) is 0 Å². The Kier molecular flexibility index (Phi) is 9.19. The van der Waals surface area contributed by atoms with Crippen molar-refractivity contribution < 1.29 is 27.9 Å². The molecule has 1 atom stereocenters. The molecule has 1 saturated heterocycles. The van der Waals surface area contributed by atoms with Crippen LogP contribution in [0.2, 0.25) is 0 Å². The fourth-order valence-electron chi connectivity index (χ4n) is 3.23. The third-order valence-electron chi connectivity index (χ3n) is 4.66. The van der Waals surface area contributed by atoms with Gasteiger partial charge in [-0.05, 0) is 57.1 Å². The van der Waals surface area contributed by atoms with Crippen LogP contribution in [0.25, 0.3) is 0 Å². The zero-order valence-corrected chi connectivity index (χ0v) is 16.4. The predicted octanol–water partition coefficient (Wildman–Crippen LogP) is 2.94. The van der Waals surface area contributed by atoms with Crippen molar-refractivity contribution in [2.24, 2.45) is 0 Å². The Bertz CT molecular complexity index is 656. The van der Waals surface area contributed by atoms with Crippen LogP contribution in [0, 0.1) is 0 Å². The molecule has 1 fully saturated rings. The van der Waals surface area contributed by atoms with E-state index >= 15 is 0 Å². The standard InChI is InChI=1S/C18H24F3N3O3.ClH/c1-23(12-17(26)27)15-3-2-9-24(10-8-15)11-16(25)22-14-6-4-13(5-7-14)18(19,20)21;/h4-7,15H,2-3,8-12H2,1H3,(H,22,25)(H,26,27);1H. The summed E-state index contributed by atoms with van der Waals surface area (Å²) in [4.78, 5) is 26.8. The van der Waals surface area contributed by atoms with Crippen LogP contribution in [0.5, 0.6) is 0 Å². The molecule has 2 N–H and O–H groups in total. The number of hydrogen-bond acceptors (Lipinski definition) is 4. The minimum Gasteiger partial charge on any atom is -0.480 e. The highest BCUT2D eigenvalue weighted by Crippen LogP contribution is 2.29. The third-order valence-corrected chi connectivity index (χ3v) is 4.66. The van der Waals surface area contributed by atoms with E-state index in [-0.39, 0.29) is 37.4 Å². The lowest BCUT2D eigenvalue weighted by atomic mass is 10.1. The van der Waals surface area contributed by atoms with Crippen LogP contribution < -0.4 is 5.32 Å². The molecule has 1 aliphatic rings. The van der Waals surface area contributed by atoms with E-state index in [0.717, 1.165) is 37.9 Å². The Labute approximate surface area is 168 Å². The maximum Gasteiger partial charge on any atom is 0.416 e. The van der Waals surface area contributed by atoms with Crippen molar-refractivity contribution in [3.05, 3.63) is 29.8 Å². The van der Waals surface area contributed by atoms with Crippen molar-refractivity contribution in [1.29, 1.82) is 0 Å². The average molecular weight is 424 g/mol. The van der Waals surface area contributed by atoms with E-state index in [1.54, 1.807) is 7.05 Å². The number of carbonyl (C=O) groups is 2. The number of nitrogens with zero attached hydrogens (tertiary/aromatic N) is 2. The Morgan fingerprint density at radius 2 is 1.86 bits per heavy atom. The number of likely N-dealkylation sites (tertiary alicyclic amines) is 1. The number of rotatable bonds is 6. The molecule has 158 valence electrons. The van der Waals surface area contributed by atoms with Crippen molar-refractivity contribution in [1.82, 2.24) is 9.80 Å². The second kappa shape index (κ2) is 10.6. The third kappa shape index (κ3) is 7.65. The van der Waals surface area contributed by atoms with E-state index in [1.165, 1.54) is 12.1 Å². The van der Waals surface area contributed by atoms with Crippen LogP contribution in [-0.2, 0) is 15.8 Å². The summed E-state index contributed by atoms with van der Waals surface area (Å²) in [5.41, 5.74) is -0.438. The molecule has 6 nitrogen and oxygen atoms in total. The van der Waals surface area contributed by atoms with E-state index in [9.17, 15) is 22.8 Å². The Morgan fingerprint density at radius 1 is 1.21 bits per heavy atom. The molecule has 1 unspecified atom stereocenters. The van der Waals surface area contributed by atoms with Gasteiger partial charge in [-0.1, -0.05) is 0 Å². The molecule has 10 heteroatoms. The van der Waals surface area contributed by atoms with Crippen LogP contribution in [0.4, 0.5) is 18.9 Å². The molecule has 1 amide bonds. The number of carbonyl (C=O) groups excluding carboxylic acids is 1. The van der Waals surface area contributed by atoms with E-state index in [2.05, 4.69) is 5.32 Å². The first-order chi connectivity index (χ1) is 12.6. The van der Waals surface area contributed by atoms with Crippen LogP contribution >= 0.6 is 12.4 Å². The summed E-state index contributed by atoms with van der Waals surface area (Å²) < 4.78 is 37.7. The number of halogens is 4. The van der Waals surface area contributed by atoms with Gasteiger partial charge in [0.15, 0.2) is 0 Å². The van der Waals surface area contributed by atoms with Crippen molar-refractivity contribution in [3.8, 4) is 0 Å². The van der Waals surface area contributed by atoms with Gasteiger partial charge in [0.1, 0.15) is 0 Å². The highest BCUT2D eigenvalue weighted by Gasteiger charge is 2.30. The summed E-state index contributed by atoms with van der Waals surface area (Å²) in [6.07, 6.45) is -1.93. The number of benzene rings is 1. The first-order valence-electron chi connectivity index (χ1n) is 8.76. The second-order valence-electron chi connectivity index (χ2n) is 6.79. The number of likely N-dealkylation sites (N-methyl/N-ethyl adjacent to an activating group) is 1. The summed E-state index contributed by atoms with van der Waals surface area (Å²) in [7, 11) is 1.78. The Balaban J connectivity index is 0.00000392. The summed E-state index contributed by atoms with van der Waals surface area (Å²) in [5, 5.41) is 11.5. The van der Waals surface area contributed by atoms with Gasteiger partial charge < -0.3 is 10.4 Å². The number of anilines is 1.